The molecule has 3 rings (SSSR count). The van der Waals surface area contributed by atoms with Crippen LogP contribution in [0, 0.1) is 0 Å². The number of nitrogens with zero attached hydrogens (tertiary/aromatic N) is 1. The van der Waals surface area contributed by atoms with Gasteiger partial charge in [0.05, 0.1) is 11.4 Å². The number of amides is 1. The summed E-state index contributed by atoms with van der Waals surface area (Å²) in [5, 5.41) is 0.0960. The van der Waals surface area contributed by atoms with Gasteiger partial charge in [0.25, 0.3) is 5.91 Å². The Balaban J connectivity index is 1.69. The van der Waals surface area contributed by atoms with Crippen molar-refractivity contribution in [2.75, 3.05) is 6.54 Å². The van der Waals surface area contributed by atoms with Crippen molar-refractivity contribution in [1.82, 2.24) is 5.06 Å². The van der Waals surface area contributed by atoms with E-state index in [0.29, 0.717) is 0 Å². The van der Waals surface area contributed by atoms with Gasteiger partial charge in [-0.05, 0) is 24.1 Å². The van der Waals surface area contributed by atoms with Gasteiger partial charge in [0.1, 0.15) is 11.9 Å². The molecule has 0 saturated carbocycles. The minimum atomic E-state index is -3.67. The number of hydrogen-bond donors (Lipinski definition) is 0. The zero-order valence-corrected chi connectivity index (χ0v) is 13.3. The average Bonchev–Trinajstić information content (AvgIpc) is 2.96. The summed E-state index contributed by atoms with van der Waals surface area (Å²) in [6.45, 7) is 0.521. The first-order valence-electron chi connectivity index (χ1n) is 7.36. The summed E-state index contributed by atoms with van der Waals surface area (Å²) in [6.07, 6.45) is 0.241. The van der Waals surface area contributed by atoms with E-state index in [9.17, 15) is 13.2 Å². The maximum atomic E-state index is 12.6. The molecule has 1 fully saturated rings. The van der Waals surface area contributed by atoms with Crippen molar-refractivity contribution in [3.05, 3.63) is 66.2 Å². The summed E-state index contributed by atoms with van der Waals surface area (Å²) in [5.41, 5.74) is 0.926. The van der Waals surface area contributed by atoms with Crippen molar-refractivity contribution in [1.29, 1.82) is 0 Å². The highest BCUT2D eigenvalue weighted by atomic mass is 32.2. The Morgan fingerprint density at radius 2 is 1.61 bits per heavy atom. The second-order valence-electron chi connectivity index (χ2n) is 5.33. The van der Waals surface area contributed by atoms with Gasteiger partial charge in [-0.3, -0.25) is 9.63 Å². The predicted molar refractivity (Wildman–Crippen MR) is 85.0 cm³/mol. The smallest absolute Gasteiger partial charge is 0.264 e. The van der Waals surface area contributed by atoms with Crippen LogP contribution in [0.25, 0.3) is 0 Å². The first kappa shape index (κ1) is 15.7. The molecule has 1 saturated heterocycles. The van der Waals surface area contributed by atoms with Crippen LogP contribution in [0.2, 0.25) is 0 Å². The van der Waals surface area contributed by atoms with E-state index in [-0.39, 0.29) is 24.5 Å². The maximum absolute atomic E-state index is 12.6. The second-order valence-corrected chi connectivity index (χ2v) is 7.47. The van der Waals surface area contributed by atoms with Crippen LogP contribution in [-0.2, 0) is 26.1 Å². The highest BCUT2D eigenvalue weighted by Gasteiger charge is 2.42. The number of sulfone groups is 1. The van der Waals surface area contributed by atoms with Gasteiger partial charge < -0.3 is 0 Å². The van der Waals surface area contributed by atoms with Crippen LogP contribution in [0.3, 0.4) is 0 Å². The predicted octanol–water partition coefficient (Wildman–Crippen LogP) is 2.19. The van der Waals surface area contributed by atoms with Gasteiger partial charge in [-0.2, -0.15) is 0 Å². The summed E-state index contributed by atoms with van der Waals surface area (Å²) in [6, 6.07) is 17.5. The fraction of sp³-hybridized carbons (Fsp3) is 0.235. The van der Waals surface area contributed by atoms with Crippen LogP contribution in [0.1, 0.15) is 12.0 Å². The minimum Gasteiger partial charge on any atom is -0.271 e. The Morgan fingerprint density at radius 1 is 1.00 bits per heavy atom. The lowest BCUT2D eigenvalue weighted by Gasteiger charge is -2.16. The Bertz CT molecular complexity index is 775. The SMILES string of the molecule is O=C1C(S(=O)(=O)c2ccccc2)CCN1OCc1ccccc1. The van der Waals surface area contributed by atoms with Gasteiger partial charge in [0.15, 0.2) is 9.84 Å². The maximum Gasteiger partial charge on any atom is 0.264 e. The van der Waals surface area contributed by atoms with E-state index < -0.39 is 21.0 Å². The molecule has 1 aliphatic rings. The third-order valence-electron chi connectivity index (χ3n) is 3.79. The fourth-order valence-electron chi connectivity index (χ4n) is 2.55. The molecule has 1 atom stereocenters. The van der Waals surface area contributed by atoms with Crippen LogP contribution in [0.5, 0.6) is 0 Å². The van der Waals surface area contributed by atoms with E-state index in [2.05, 4.69) is 0 Å². The number of carbonyl (C=O) groups excluding carboxylic acids is 1. The molecule has 23 heavy (non-hydrogen) atoms. The fourth-order valence-corrected chi connectivity index (χ4v) is 4.21. The zero-order valence-electron chi connectivity index (χ0n) is 12.5. The number of benzene rings is 2. The molecule has 5 nitrogen and oxygen atoms in total. The first-order valence-corrected chi connectivity index (χ1v) is 8.91. The van der Waals surface area contributed by atoms with Gasteiger partial charge in [0.2, 0.25) is 0 Å². The molecule has 6 heteroatoms. The van der Waals surface area contributed by atoms with Gasteiger partial charge in [-0.15, -0.1) is 0 Å². The van der Waals surface area contributed by atoms with E-state index >= 15 is 0 Å². The molecule has 1 unspecified atom stereocenters. The van der Waals surface area contributed by atoms with Crippen LogP contribution in [0.4, 0.5) is 0 Å². The summed E-state index contributed by atoms with van der Waals surface area (Å²) < 4.78 is 25.1. The molecule has 0 N–H and O–H groups in total. The molecule has 2 aromatic carbocycles. The molecule has 0 aliphatic carbocycles. The Kier molecular flexibility index (Phi) is 4.45. The van der Waals surface area contributed by atoms with Crippen molar-refractivity contribution in [2.24, 2.45) is 0 Å². The number of rotatable bonds is 5. The summed E-state index contributed by atoms with van der Waals surface area (Å²) >= 11 is 0. The molecule has 0 spiro atoms. The van der Waals surface area contributed by atoms with Crippen molar-refractivity contribution in [3.63, 3.8) is 0 Å². The van der Waals surface area contributed by atoms with Gasteiger partial charge in [-0.25, -0.2) is 13.5 Å². The Labute approximate surface area is 135 Å². The lowest BCUT2D eigenvalue weighted by atomic mass is 10.2. The molecule has 1 heterocycles. The molecule has 1 amide bonds. The highest BCUT2D eigenvalue weighted by molar-refractivity contribution is 7.92. The topological polar surface area (TPSA) is 63.7 Å². The van der Waals surface area contributed by atoms with Gasteiger partial charge in [0, 0.05) is 0 Å². The van der Waals surface area contributed by atoms with Gasteiger partial charge in [-0.1, -0.05) is 48.5 Å². The van der Waals surface area contributed by atoms with E-state index in [1.54, 1.807) is 18.2 Å². The van der Waals surface area contributed by atoms with Gasteiger partial charge >= 0.3 is 0 Å². The summed E-state index contributed by atoms with van der Waals surface area (Å²) in [7, 11) is -3.67. The van der Waals surface area contributed by atoms with Crippen LogP contribution >= 0.6 is 0 Å². The average molecular weight is 331 g/mol. The molecule has 0 bridgehead atoms. The third-order valence-corrected chi connectivity index (χ3v) is 5.91. The molecule has 1 aliphatic heterocycles. The lowest BCUT2D eigenvalue weighted by molar-refractivity contribution is -0.181. The highest BCUT2D eigenvalue weighted by Crippen LogP contribution is 2.25. The summed E-state index contributed by atoms with van der Waals surface area (Å²) in [4.78, 5) is 18.0. The summed E-state index contributed by atoms with van der Waals surface area (Å²) in [5.74, 6) is -0.496. The Morgan fingerprint density at radius 3 is 2.26 bits per heavy atom. The zero-order chi connectivity index (χ0) is 16.3. The van der Waals surface area contributed by atoms with Crippen LogP contribution in [-0.4, -0.2) is 31.2 Å². The van der Waals surface area contributed by atoms with Crippen molar-refractivity contribution in [3.8, 4) is 0 Å². The van der Waals surface area contributed by atoms with Crippen molar-refractivity contribution in [2.45, 2.75) is 23.2 Å². The van der Waals surface area contributed by atoms with Crippen LogP contribution < -0.4 is 0 Å². The van der Waals surface area contributed by atoms with Crippen LogP contribution in [0.15, 0.2) is 65.6 Å². The van der Waals surface area contributed by atoms with E-state index in [0.717, 1.165) is 10.6 Å². The number of hydrogen-bond acceptors (Lipinski definition) is 4. The molecular formula is C17H17NO4S. The quantitative estimate of drug-likeness (QED) is 0.842. The largest absolute Gasteiger partial charge is 0.271 e. The molecule has 0 radical (unpaired) electrons. The second kappa shape index (κ2) is 6.52. The molecule has 120 valence electrons. The standard InChI is InChI=1S/C17H17NO4S/c19-17-16(23(20,21)15-9-5-2-6-10-15)11-12-18(17)22-13-14-7-3-1-4-8-14/h1-10,16H,11-13H2. The first-order chi connectivity index (χ1) is 11.1. The third kappa shape index (κ3) is 3.28. The van der Waals surface area contributed by atoms with Crippen molar-refractivity contribution >= 4 is 15.7 Å². The lowest BCUT2D eigenvalue weighted by Crippen LogP contribution is -2.34. The number of hydroxylamine groups is 2. The molecule has 2 aromatic rings. The number of carbonyl (C=O) groups is 1. The minimum absolute atomic E-state index is 0.170. The monoisotopic (exact) mass is 331 g/mol. The van der Waals surface area contributed by atoms with E-state index in [1.165, 1.54) is 12.1 Å². The van der Waals surface area contributed by atoms with E-state index in [4.69, 9.17) is 4.84 Å². The molecular weight excluding hydrogens is 314 g/mol. The normalized spacial score (nSPS) is 18.3. The van der Waals surface area contributed by atoms with Crippen molar-refractivity contribution < 1.29 is 18.0 Å². The Hall–Kier alpha value is -2.18. The van der Waals surface area contributed by atoms with E-state index in [1.807, 2.05) is 30.3 Å². The molecule has 0 aromatic heterocycles.